The van der Waals surface area contributed by atoms with Crippen LogP contribution >= 0.6 is 11.6 Å². The molecule has 1 aromatic carbocycles. The number of nitrogens with one attached hydrogen (secondary N) is 2. The van der Waals surface area contributed by atoms with E-state index < -0.39 is 23.8 Å². The average molecular weight is 596 g/mol. The molecule has 16 heteroatoms. The summed E-state index contributed by atoms with van der Waals surface area (Å²) < 4.78 is 35.9. The van der Waals surface area contributed by atoms with Gasteiger partial charge in [-0.05, 0) is 20.3 Å². The number of nitrogens with zero attached hydrogens (tertiary/aromatic N) is 5. The van der Waals surface area contributed by atoms with Gasteiger partial charge < -0.3 is 29.6 Å². The van der Waals surface area contributed by atoms with Crippen LogP contribution in [0, 0.1) is 11.7 Å². The number of methoxy groups -OCH3 is 1. The van der Waals surface area contributed by atoms with Gasteiger partial charge in [-0.2, -0.15) is 5.10 Å². The third-order valence-corrected chi connectivity index (χ3v) is 7.03. The fraction of sp³-hybridized carbons (Fsp3) is 0.360. The summed E-state index contributed by atoms with van der Waals surface area (Å²) in [4.78, 5) is 39.3. The zero-order valence-corrected chi connectivity index (χ0v) is 23.1. The van der Waals surface area contributed by atoms with Gasteiger partial charge in [0.05, 0.1) is 52.9 Å². The molecule has 0 bridgehead atoms. The fourth-order valence-corrected chi connectivity index (χ4v) is 4.43. The smallest absolute Gasteiger partial charge is 0.290 e. The van der Waals surface area contributed by atoms with Gasteiger partial charge in [-0.3, -0.25) is 24.5 Å². The standard InChI is InChI=1S/C23H24ClF2N7O2.2CH2O2/c1-10(11(2)35-4)32(3)22-20(26)19(24)18(13-6-28-31-21(13)22)15-8-33-9-16(29-17(33)7-27-15)30-23(34)12-5-14(12)25;2*2-1-3/h6-12,14H,5H2,1-4H3,(H,28,31)(H,30,34);2*1H,(H,2,3)/t10-,11-,12-,14+;;/m1../s1. The Labute approximate surface area is 237 Å². The molecule has 3 heterocycles. The van der Waals surface area contributed by atoms with Crippen molar-refractivity contribution in [2.24, 2.45) is 5.92 Å². The van der Waals surface area contributed by atoms with Gasteiger partial charge in [-0.1, -0.05) is 11.6 Å². The molecule has 41 heavy (non-hydrogen) atoms. The molecule has 0 unspecified atom stereocenters. The first kappa shape index (κ1) is 31.2. The molecule has 1 aliphatic rings. The molecular weight excluding hydrogens is 568 g/mol. The van der Waals surface area contributed by atoms with Gasteiger partial charge in [0.1, 0.15) is 11.9 Å². The number of benzene rings is 1. The second-order valence-electron chi connectivity index (χ2n) is 9.02. The molecule has 0 aliphatic heterocycles. The number of hydrogen-bond donors (Lipinski definition) is 4. The molecule has 0 spiro atoms. The van der Waals surface area contributed by atoms with Gasteiger partial charge >= 0.3 is 0 Å². The molecule has 1 fully saturated rings. The van der Waals surface area contributed by atoms with Gasteiger partial charge in [0, 0.05) is 31.3 Å². The second-order valence-corrected chi connectivity index (χ2v) is 9.40. The lowest BCUT2D eigenvalue weighted by Crippen LogP contribution is -2.39. The Morgan fingerprint density at radius 1 is 1.29 bits per heavy atom. The second kappa shape index (κ2) is 13.3. The van der Waals surface area contributed by atoms with Crippen molar-refractivity contribution in [3.63, 3.8) is 0 Å². The number of hydrogen-bond acceptors (Lipinski definition) is 8. The molecule has 1 saturated carbocycles. The molecule has 4 aromatic rings. The van der Waals surface area contributed by atoms with Crippen LogP contribution in [0.5, 0.6) is 0 Å². The van der Waals surface area contributed by atoms with Crippen molar-refractivity contribution >= 4 is 58.5 Å². The Balaban J connectivity index is 0.000000710. The number of H-pyrrole nitrogens is 1. The van der Waals surface area contributed by atoms with Gasteiger partial charge in [0.25, 0.3) is 12.9 Å². The van der Waals surface area contributed by atoms with E-state index >= 15 is 4.39 Å². The number of carbonyl (C=O) groups is 3. The molecule has 1 amide bonds. The Bertz CT molecular complexity index is 1540. The minimum Gasteiger partial charge on any atom is -0.483 e. The Hall–Kier alpha value is -4.37. The number of likely N-dealkylation sites (N-methyl/N-ethyl adjacent to an activating group) is 1. The number of alkyl halides is 1. The normalized spacial score (nSPS) is 17.0. The topological polar surface area (TPSA) is 175 Å². The summed E-state index contributed by atoms with van der Waals surface area (Å²) in [7, 11) is 3.37. The van der Waals surface area contributed by atoms with Crippen molar-refractivity contribution in [2.75, 3.05) is 24.4 Å². The summed E-state index contributed by atoms with van der Waals surface area (Å²) in [5.41, 5.74) is 1.97. The maximum atomic E-state index is 15.7. The van der Waals surface area contributed by atoms with Crippen LogP contribution in [0.4, 0.5) is 20.3 Å². The Morgan fingerprint density at radius 3 is 2.51 bits per heavy atom. The number of anilines is 2. The van der Waals surface area contributed by atoms with Crippen molar-refractivity contribution in [3.05, 3.63) is 35.6 Å². The summed E-state index contributed by atoms with van der Waals surface area (Å²) in [6.07, 6.45) is 5.25. The van der Waals surface area contributed by atoms with Crippen LogP contribution in [0.15, 0.2) is 24.8 Å². The van der Waals surface area contributed by atoms with Crippen molar-refractivity contribution in [1.29, 1.82) is 0 Å². The van der Waals surface area contributed by atoms with Gasteiger partial charge in [-0.25, -0.2) is 13.8 Å². The van der Waals surface area contributed by atoms with Crippen LogP contribution in [-0.4, -0.2) is 86.1 Å². The monoisotopic (exact) mass is 595 g/mol. The molecule has 4 atom stereocenters. The Morgan fingerprint density at radius 2 is 1.93 bits per heavy atom. The molecule has 220 valence electrons. The number of aromatic nitrogens is 5. The van der Waals surface area contributed by atoms with Crippen molar-refractivity contribution in [1.82, 2.24) is 24.6 Å². The van der Waals surface area contributed by atoms with Crippen molar-refractivity contribution in [3.8, 4) is 11.3 Å². The number of carbonyl (C=O) groups excluding carboxylic acids is 1. The zero-order chi connectivity index (χ0) is 30.4. The van der Waals surface area contributed by atoms with E-state index in [0.717, 1.165) is 0 Å². The molecule has 13 nitrogen and oxygen atoms in total. The maximum Gasteiger partial charge on any atom is 0.290 e. The number of aromatic amines is 1. The van der Waals surface area contributed by atoms with Crippen LogP contribution in [0.3, 0.4) is 0 Å². The van der Waals surface area contributed by atoms with E-state index in [0.29, 0.717) is 27.8 Å². The lowest BCUT2D eigenvalue weighted by Gasteiger charge is -2.31. The number of fused-ring (bicyclic) bond motifs is 2. The number of halogens is 3. The SMILES string of the molecule is CO[C@H](C)[C@@H](C)N(C)c1c(F)c(Cl)c(-c2cn3cc(NC(=O)[C@@H]4C[C@@H]4F)nc3cn2)c2cn[nH]c12.O=CO.O=CO. The maximum absolute atomic E-state index is 15.7. The average Bonchev–Trinajstić information content (AvgIpc) is 3.30. The van der Waals surface area contributed by atoms with E-state index in [9.17, 15) is 9.18 Å². The number of amides is 1. The van der Waals surface area contributed by atoms with Gasteiger partial charge in [-0.15, -0.1) is 0 Å². The molecule has 5 rings (SSSR count). The van der Waals surface area contributed by atoms with Crippen LogP contribution < -0.4 is 10.2 Å². The lowest BCUT2D eigenvalue weighted by molar-refractivity contribution is -0.123. The van der Waals surface area contributed by atoms with E-state index in [2.05, 4.69) is 25.5 Å². The highest BCUT2D eigenvalue weighted by molar-refractivity contribution is 6.36. The lowest BCUT2D eigenvalue weighted by atomic mass is 10.0. The highest BCUT2D eigenvalue weighted by atomic mass is 35.5. The molecule has 0 radical (unpaired) electrons. The molecule has 1 aliphatic carbocycles. The highest BCUT2D eigenvalue weighted by Crippen LogP contribution is 2.42. The van der Waals surface area contributed by atoms with Crippen molar-refractivity contribution < 1.29 is 38.1 Å². The molecular formula is C25H28ClF2N7O6. The van der Waals surface area contributed by atoms with Crippen LogP contribution in [0.1, 0.15) is 20.3 Å². The zero-order valence-electron chi connectivity index (χ0n) is 22.4. The minimum atomic E-state index is -1.10. The number of imidazole rings is 1. The summed E-state index contributed by atoms with van der Waals surface area (Å²) in [5.74, 6) is -1.37. The van der Waals surface area contributed by atoms with E-state index in [1.807, 2.05) is 13.8 Å². The Kier molecular flexibility index (Phi) is 10.1. The largest absolute Gasteiger partial charge is 0.483 e. The first-order valence-corrected chi connectivity index (χ1v) is 12.5. The third kappa shape index (κ3) is 6.52. The van der Waals surface area contributed by atoms with E-state index in [-0.39, 0.29) is 48.0 Å². The number of carboxylic acid groups (broad SMARTS) is 2. The fourth-order valence-electron chi connectivity index (χ4n) is 4.14. The number of ether oxygens (including phenoxy) is 1. The molecule has 0 saturated heterocycles. The van der Waals surface area contributed by atoms with Crippen LogP contribution in [0.2, 0.25) is 5.02 Å². The van der Waals surface area contributed by atoms with E-state index in [4.69, 9.17) is 36.1 Å². The number of rotatable bonds is 7. The van der Waals surface area contributed by atoms with Crippen molar-refractivity contribution in [2.45, 2.75) is 38.6 Å². The van der Waals surface area contributed by atoms with E-state index in [1.54, 1.807) is 42.0 Å². The summed E-state index contributed by atoms with van der Waals surface area (Å²) >= 11 is 6.58. The summed E-state index contributed by atoms with van der Waals surface area (Å²) in [5, 5.41) is 23.9. The molecule has 4 N–H and O–H groups in total. The highest BCUT2D eigenvalue weighted by Gasteiger charge is 2.43. The minimum absolute atomic E-state index is 0.0961. The van der Waals surface area contributed by atoms with E-state index in [1.165, 1.54) is 6.20 Å². The molecule has 3 aromatic heterocycles. The van der Waals surface area contributed by atoms with Gasteiger partial charge in [0.15, 0.2) is 17.3 Å². The third-order valence-electron chi connectivity index (χ3n) is 6.68. The predicted octanol–water partition coefficient (Wildman–Crippen LogP) is 3.62. The van der Waals surface area contributed by atoms with Crippen LogP contribution in [0.25, 0.3) is 27.8 Å². The first-order valence-electron chi connectivity index (χ1n) is 12.1. The summed E-state index contributed by atoms with van der Waals surface area (Å²) in [6, 6.07) is -0.153. The van der Waals surface area contributed by atoms with Gasteiger partial charge in [0.2, 0.25) is 5.91 Å². The predicted molar refractivity (Wildman–Crippen MR) is 146 cm³/mol. The van der Waals surface area contributed by atoms with Crippen LogP contribution in [-0.2, 0) is 19.1 Å². The first-order chi connectivity index (χ1) is 19.5. The summed E-state index contributed by atoms with van der Waals surface area (Å²) in [6.45, 7) is 3.33. The quantitative estimate of drug-likeness (QED) is 0.231.